The molecular weight excluding hydrogens is 288 g/mol. The Balaban J connectivity index is 1.87. The Kier molecular flexibility index (Phi) is 4.82. The molecule has 1 heterocycles. The van der Waals surface area contributed by atoms with Gasteiger partial charge < -0.3 is 4.90 Å². The Bertz CT molecular complexity index is 473. The van der Waals surface area contributed by atoms with Crippen LogP contribution in [0.4, 0.5) is 17.6 Å². The number of hydrogen-bond donors (Lipinski definition) is 0. The van der Waals surface area contributed by atoms with Crippen molar-refractivity contribution in [2.45, 2.75) is 18.9 Å². The monoisotopic (exact) mass is 304 g/mol. The van der Waals surface area contributed by atoms with E-state index in [0.717, 1.165) is 10.5 Å². The maximum absolute atomic E-state index is 13.0. The Morgan fingerprint density at radius 1 is 1.10 bits per heavy atom. The van der Waals surface area contributed by atoms with Crippen LogP contribution < -0.4 is 0 Å². The van der Waals surface area contributed by atoms with Crippen LogP contribution in [0.1, 0.15) is 5.56 Å². The van der Waals surface area contributed by atoms with Crippen LogP contribution in [0, 0.1) is 0 Å². The van der Waals surface area contributed by atoms with Crippen LogP contribution in [0.5, 0.6) is 0 Å². The summed E-state index contributed by atoms with van der Waals surface area (Å²) in [6, 6.07) is 9.59. The molecule has 1 aromatic carbocycles. The molecule has 0 unspecified atom stereocenters. The van der Waals surface area contributed by atoms with Crippen molar-refractivity contribution >= 4 is 5.91 Å². The van der Waals surface area contributed by atoms with Gasteiger partial charge in [0.05, 0.1) is 0 Å². The molecular formula is C14H16F4N2O. The molecule has 0 saturated carbocycles. The molecule has 0 N–H and O–H groups in total. The largest absolute Gasteiger partial charge is 0.383 e. The first-order valence-corrected chi connectivity index (χ1v) is 6.63. The molecule has 3 nitrogen and oxygen atoms in total. The van der Waals surface area contributed by atoms with E-state index >= 15 is 0 Å². The fraction of sp³-hybridized carbons (Fsp3) is 0.500. The molecule has 0 spiro atoms. The highest BCUT2D eigenvalue weighted by Gasteiger charge is 2.51. The van der Waals surface area contributed by atoms with Crippen molar-refractivity contribution in [2.75, 3.05) is 26.2 Å². The minimum Gasteiger partial charge on any atom is -0.335 e. The molecule has 0 radical (unpaired) electrons. The Labute approximate surface area is 120 Å². The van der Waals surface area contributed by atoms with Crippen LogP contribution in [0.25, 0.3) is 0 Å². The van der Waals surface area contributed by atoms with Gasteiger partial charge in [0.2, 0.25) is 0 Å². The summed E-state index contributed by atoms with van der Waals surface area (Å²) in [6.45, 7) is 1.50. The van der Waals surface area contributed by atoms with Gasteiger partial charge in [0, 0.05) is 32.7 Å². The molecule has 1 fully saturated rings. The normalized spacial score (nSPS) is 17.3. The second-order valence-corrected chi connectivity index (χ2v) is 4.98. The van der Waals surface area contributed by atoms with E-state index in [1.807, 2.05) is 35.2 Å². The van der Waals surface area contributed by atoms with Crippen molar-refractivity contribution in [2.24, 2.45) is 0 Å². The number of hydrogen-bond acceptors (Lipinski definition) is 2. The quantitative estimate of drug-likeness (QED) is 0.797. The van der Waals surface area contributed by atoms with Gasteiger partial charge in [0.1, 0.15) is 0 Å². The van der Waals surface area contributed by atoms with Crippen molar-refractivity contribution < 1.29 is 22.4 Å². The molecule has 0 aromatic heterocycles. The molecule has 1 aromatic rings. The molecule has 1 saturated heterocycles. The molecule has 1 aliphatic heterocycles. The predicted molar refractivity (Wildman–Crippen MR) is 69.3 cm³/mol. The number of amides is 1. The molecule has 0 bridgehead atoms. The number of carbonyl (C=O) groups is 1. The van der Waals surface area contributed by atoms with Gasteiger partial charge >= 0.3 is 12.3 Å². The zero-order chi connectivity index (χ0) is 15.5. The lowest BCUT2D eigenvalue weighted by Gasteiger charge is -2.36. The van der Waals surface area contributed by atoms with Crippen LogP contribution in [-0.2, 0) is 11.3 Å². The standard InChI is InChI=1S/C14H16F4N2O/c15-12(16)14(17,18)13(21)20-8-6-19(7-9-20)10-11-4-2-1-3-5-11/h1-5,12H,6-10H2. The van der Waals surface area contributed by atoms with Crippen LogP contribution in [0.2, 0.25) is 0 Å². The SMILES string of the molecule is O=C(N1CCN(Cc2ccccc2)CC1)C(F)(F)C(F)F. The van der Waals surface area contributed by atoms with E-state index in [1.165, 1.54) is 0 Å². The van der Waals surface area contributed by atoms with E-state index in [1.54, 1.807) is 0 Å². The summed E-state index contributed by atoms with van der Waals surface area (Å²) in [5.74, 6) is -6.38. The topological polar surface area (TPSA) is 23.6 Å². The Morgan fingerprint density at radius 3 is 2.19 bits per heavy atom. The molecule has 7 heteroatoms. The number of rotatable bonds is 4. The highest BCUT2D eigenvalue weighted by molar-refractivity contribution is 5.84. The first-order chi connectivity index (χ1) is 9.91. The van der Waals surface area contributed by atoms with Crippen LogP contribution in [0.3, 0.4) is 0 Å². The average Bonchev–Trinajstić information content (AvgIpc) is 2.48. The zero-order valence-electron chi connectivity index (χ0n) is 11.3. The van der Waals surface area contributed by atoms with Gasteiger partial charge in [-0.1, -0.05) is 30.3 Å². The minimum atomic E-state index is -4.60. The maximum atomic E-state index is 13.0. The molecule has 2 rings (SSSR count). The molecule has 116 valence electrons. The van der Waals surface area contributed by atoms with Gasteiger partial charge in [-0.2, -0.15) is 8.78 Å². The van der Waals surface area contributed by atoms with Gasteiger partial charge in [-0.15, -0.1) is 0 Å². The molecule has 1 amide bonds. The summed E-state index contributed by atoms with van der Waals surface area (Å²) in [6.07, 6.45) is -3.97. The van der Waals surface area contributed by atoms with Gasteiger partial charge in [0.15, 0.2) is 0 Å². The zero-order valence-corrected chi connectivity index (χ0v) is 11.3. The van der Waals surface area contributed by atoms with Gasteiger partial charge in [-0.05, 0) is 5.56 Å². The number of alkyl halides is 4. The van der Waals surface area contributed by atoms with Gasteiger partial charge in [-0.25, -0.2) is 8.78 Å². The van der Waals surface area contributed by atoms with Crippen LogP contribution in [0.15, 0.2) is 30.3 Å². The summed E-state index contributed by atoms with van der Waals surface area (Å²) in [5, 5.41) is 0. The first-order valence-electron chi connectivity index (χ1n) is 6.63. The van der Waals surface area contributed by atoms with E-state index < -0.39 is 18.3 Å². The van der Waals surface area contributed by atoms with Crippen molar-refractivity contribution in [3.8, 4) is 0 Å². The van der Waals surface area contributed by atoms with E-state index in [9.17, 15) is 22.4 Å². The average molecular weight is 304 g/mol. The second kappa shape index (κ2) is 6.43. The smallest absolute Gasteiger partial charge is 0.335 e. The van der Waals surface area contributed by atoms with Gasteiger partial charge in [0.25, 0.3) is 5.91 Å². The summed E-state index contributed by atoms with van der Waals surface area (Å²) in [7, 11) is 0. The van der Waals surface area contributed by atoms with E-state index in [4.69, 9.17) is 0 Å². The number of benzene rings is 1. The number of halogens is 4. The number of nitrogens with zero attached hydrogens (tertiary/aromatic N) is 2. The van der Waals surface area contributed by atoms with E-state index in [2.05, 4.69) is 0 Å². The highest BCUT2D eigenvalue weighted by atomic mass is 19.3. The Morgan fingerprint density at radius 2 is 1.67 bits per heavy atom. The van der Waals surface area contributed by atoms with Crippen molar-refractivity contribution in [3.05, 3.63) is 35.9 Å². The van der Waals surface area contributed by atoms with Crippen molar-refractivity contribution in [1.82, 2.24) is 9.80 Å². The third kappa shape index (κ3) is 3.72. The fourth-order valence-corrected chi connectivity index (χ4v) is 2.25. The molecule has 1 aliphatic rings. The summed E-state index contributed by atoms with van der Waals surface area (Å²) in [5.41, 5.74) is 1.08. The fourth-order valence-electron chi connectivity index (χ4n) is 2.25. The number of piperazine rings is 1. The Hall–Kier alpha value is -1.63. The van der Waals surface area contributed by atoms with Crippen LogP contribution >= 0.6 is 0 Å². The van der Waals surface area contributed by atoms with Gasteiger partial charge in [-0.3, -0.25) is 9.69 Å². The van der Waals surface area contributed by atoms with Crippen molar-refractivity contribution in [1.29, 1.82) is 0 Å². The lowest BCUT2D eigenvalue weighted by Crippen LogP contribution is -2.54. The molecule has 0 atom stereocenters. The minimum absolute atomic E-state index is 0.0357. The number of carbonyl (C=O) groups excluding carboxylic acids is 1. The van der Waals surface area contributed by atoms with Crippen LogP contribution in [-0.4, -0.2) is 54.2 Å². The third-order valence-electron chi connectivity index (χ3n) is 3.47. The molecule has 21 heavy (non-hydrogen) atoms. The summed E-state index contributed by atoms with van der Waals surface area (Å²) in [4.78, 5) is 14.2. The molecule has 0 aliphatic carbocycles. The van der Waals surface area contributed by atoms with E-state index in [0.29, 0.717) is 19.6 Å². The lowest BCUT2D eigenvalue weighted by atomic mass is 10.2. The first kappa shape index (κ1) is 15.8. The third-order valence-corrected chi connectivity index (χ3v) is 3.47. The summed E-state index contributed by atoms with van der Waals surface area (Å²) < 4.78 is 50.4. The summed E-state index contributed by atoms with van der Waals surface area (Å²) >= 11 is 0. The highest BCUT2D eigenvalue weighted by Crippen LogP contribution is 2.26. The van der Waals surface area contributed by atoms with E-state index in [-0.39, 0.29) is 13.1 Å². The van der Waals surface area contributed by atoms with Crippen molar-refractivity contribution in [3.63, 3.8) is 0 Å². The predicted octanol–water partition coefficient (Wildman–Crippen LogP) is 2.23. The maximum Gasteiger partial charge on any atom is 0.383 e. The second-order valence-electron chi connectivity index (χ2n) is 4.98. The lowest BCUT2D eigenvalue weighted by molar-refractivity contribution is -0.182.